The molecule has 1 unspecified atom stereocenters. The van der Waals surface area contributed by atoms with E-state index in [4.69, 9.17) is 4.74 Å². The standard InChI is InChI=1S/C14H21N3O3/c1-17(10-14(19)6-7-15-9-14)13(18)16-11-4-3-5-12(8-11)20-2/h3-5,8,15,19H,6-7,9-10H2,1-2H3,(H,16,18). The number of benzene rings is 1. The predicted molar refractivity (Wildman–Crippen MR) is 77.1 cm³/mol. The number of urea groups is 1. The molecule has 0 aromatic heterocycles. The molecule has 0 aliphatic carbocycles. The molecule has 1 aromatic carbocycles. The lowest BCUT2D eigenvalue weighted by Crippen LogP contribution is -2.46. The van der Waals surface area contributed by atoms with E-state index in [1.807, 2.05) is 12.1 Å². The molecule has 20 heavy (non-hydrogen) atoms. The van der Waals surface area contributed by atoms with Crippen molar-refractivity contribution in [2.75, 3.05) is 39.1 Å². The molecule has 3 N–H and O–H groups in total. The van der Waals surface area contributed by atoms with Crippen LogP contribution in [0.4, 0.5) is 10.5 Å². The molecule has 0 saturated carbocycles. The summed E-state index contributed by atoms with van der Waals surface area (Å²) in [6.07, 6.45) is 0.657. The van der Waals surface area contributed by atoms with Gasteiger partial charge in [-0.1, -0.05) is 6.07 Å². The van der Waals surface area contributed by atoms with E-state index in [0.717, 1.165) is 6.54 Å². The Morgan fingerprint density at radius 3 is 3.05 bits per heavy atom. The van der Waals surface area contributed by atoms with Crippen molar-refractivity contribution in [2.45, 2.75) is 12.0 Å². The lowest BCUT2D eigenvalue weighted by atomic mass is 10.0. The lowest BCUT2D eigenvalue weighted by Gasteiger charge is -2.28. The smallest absolute Gasteiger partial charge is 0.321 e. The van der Waals surface area contributed by atoms with E-state index in [1.54, 1.807) is 26.3 Å². The zero-order valence-corrected chi connectivity index (χ0v) is 11.8. The molecule has 1 aliphatic rings. The molecule has 1 saturated heterocycles. The van der Waals surface area contributed by atoms with Gasteiger partial charge in [0.15, 0.2) is 0 Å². The first-order chi connectivity index (χ1) is 9.52. The fraction of sp³-hybridized carbons (Fsp3) is 0.500. The van der Waals surface area contributed by atoms with Crippen LogP contribution in [0.3, 0.4) is 0 Å². The second-order valence-electron chi connectivity index (χ2n) is 5.17. The van der Waals surface area contributed by atoms with Gasteiger partial charge in [-0.05, 0) is 25.1 Å². The molecular formula is C14H21N3O3. The van der Waals surface area contributed by atoms with E-state index in [2.05, 4.69) is 10.6 Å². The number of hydrogen-bond acceptors (Lipinski definition) is 4. The van der Waals surface area contributed by atoms with Gasteiger partial charge in [-0.15, -0.1) is 0 Å². The van der Waals surface area contributed by atoms with Crippen LogP contribution in [-0.4, -0.2) is 55.4 Å². The Kier molecular flexibility index (Phi) is 4.46. The van der Waals surface area contributed by atoms with Crippen molar-refractivity contribution >= 4 is 11.7 Å². The van der Waals surface area contributed by atoms with Gasteiger partial charge < -0.3 is 25.4 Å². The second kappa shape index (κ2) is 6.11. The fourth-order valence-electron chi connectivity index (χ4n) is 2.30. The van der Waals surface area contributed by atoms with Gasteiger partial charge in [-0.2, -0.15) is 0 Å². The first-order valence-corrected chi connectivity index (χ1v) is 6.62. The van der Waals surface area contributed by atoms with E-state index in [-0.39, 0.29) is 6.03 Å². The highest BCUT2D eigenvalue weighted by atomic mass is 16.5. The first-order valence-electron chi connectivity index (χ1n) is 6.62. The van der Waals surface area contributed by atoms with Crippen LogP contribution >= 0.6 is 0 Å². The number of β-amino-alcohol motifs (C(OH)–C–C–N with tert-alkyl or cyclic N) is 1. The van der Waals surface area contributed by atoms with Crippen molar-refractivity contribution < 1.29 is 14.6 Å². The van der Waals surface area contributed by atoms with Crippen molar-refractivity contribution in [3.8, 4) is 5.75 Å². The van der Waals surface area contributed by atoms with Crippen molar-refractivity contribution in [3.63, 3.8) is 0 Å². The summed E-state index contributed by atoms with van der Waals surface area (Å²) < 4.78 is 5.11. The third-order valence-corrected chi connectivity index (χ3v) is 3.42. The summed E-state index contributed by atoms with van der Waals surface area (Å²) in [5.74, 6) is 0.684. The van der Waals surface area contributed by atoms with Gasteiger partial charge >= 0.3 is 6.03 Å². The molecule has 1 fully saturated rings. The van der Waals surface area contributed by atoms with E-state index in [9.17, 15) is 9.90 Å². The highest BCUT2D eigenvalue weighted by Crippen LogP contribution is 2.18. The van der Waals surface area contributed by atoms with E-state index >= 15 is 0 Å². The summed E-state index contributed by atoms with van der Waals surface area (Å²) in [6.45, 7) is 1.60. The first kappa shape index (κ1) is 14.6. The largest absolute Gasteiger partial charge is 0.497 e. The third kappa shape index (κ3) is 3.61. The van der Waals surface area contributed by atoms with Crippen LogP contribution in [0.25, 0.3) is 0 Å². The number of likely N-dealkylation sites (N-methyl/N-ethyl adjacent to an activating group) is 1. The number of anilines is 1. The number of amides is 2. The van der Waals surface area contributed by atoms with Crippen LogP contribution < -0.4 is 15.4 Å². The minimum absolute atomic E-state index is 0.251. The van der Waals surface area contributed by atoms with Crippen LogP contribution in [-0.2, 0) is 0 Å². The molecule has 0 bridgehead atoms. The summed E-state index contributed by atoms with van der Waals surface area (Å²) in [6, 6.07) is 6.91. The normalized spacial score (nSPS) is 21.6. The van der Waals surface area contributed by atoms with E-state index < -0.39 is 5.60 Å². The van der Waals surface area contributed by atoms with Gasteiger partial charge in [0.05, 0.1) is 19.3 Å². The van der Waals surface area contributed by atoms with Crippen molar-refractivity contribution in [3.05, 3.63) is 24.3 Å². The molecule has 1 heterocycles. The number of rotatable bonds is 4. The highest BCUT2D eigenvalue weighted by Gasteiger charge is 2.33. The zero-order valence-electron chi connectivity index (χ0n) is 11.8. The Bertz CT molecular complexity index is 472. The minimum Gasteiger partial charge on any atom is -0.497 e. The molecule has 6 heteroatoms. The maximum Gasteiger partial charge on any atom is 0.321 e. The van der Waals surface area contributed by atoms with Gasteiger partial charge in [0.1, 0.15) is 5.75 Å². The van der Waals surface area contributed by atoms with Crippen molar-refractivity contribution in [2.24, 2.45) is 0 Å². The minimum atomic E-state index is -0.833. The number of aliphatic hydroxyl groups is 1. The van der Waals surface area contributed by atoms with Crippen LogP contribution in [0.2, 0.25) is 0 Å². The van der Waals surface area contributed by atoms with Crippen molar-refractivity contribution in [1.29, 1.82) is 0 Å². The summed E-state index contributed by atoms with van der Waals surface area (Å²) in [5, 5.41) is 16.1. The average Bonchev–Trinajstić information content (AvgIpc) is 2.85. The number of carbonyl (C=O) groups excluding carboxylic acids is 1. The number of nitrogens with one attached hydrogen (secondary N) is 2. The predicted octanol–water partition coefficient (Wildman–Crippen LogP) is 0.883. The van der Waals surface area contributed by atoms with Crippen molar-refractivity contribution in [1.82, 2.24) is 10.2 Å². The van der Waals surface area contributed by atoms with Gasteiger partial charge in [0, 0.05) is 25.3 Å². The van der Waals surface area contributed by atoms with E-state index in [0.29, 0.717) is 30.9 Å². The molecule has 0 spiro atoms. The Labute approximate surface area is 118 Å². The van der Waals surface area contributed by atoms with Crippen LogP contribution in [0.15, 0.2) is 24.3 Å². The Balaban J connectivity index is 1.93. The van der Waals surface area contributed by atoms with Gasteiger partial charge in [0.25, 0.3) is 0 Å². The number of nitrogens with zero attached hydrogens (tertiary/aromatic N) is 1. The molecule has 2 rings (SSSR count). The summed E-state index contributed by atoms with van der Waals surface area (Å²) in [5.41, 5.74) is -0.168. The quantitative estimate of drug-likeness (QED) is 0.765. The molecule has 6 nitrogen and oxygen atoms in total. The van der Waals surface area contributed by atoms with Crippen LogP contribution in [0.5, 0.6) is 5.75 Å². The average molecular weight is 279 g/mol. The zero-order chi connectivity index (χ0) is 14.6. The SMILES string of the molecule is COc1cccc(NC(=O)N(C)CC2(O)CCNC2)c1. The Hall–Kier alpha value is -1.79. The molecule has 110 valence electrons. The Morgan fingerprint density at radius 2 is 2.40 bits per heavy atom. The lowest BCUT2D eigenvalue weighted by molar-refractivity contribution is 0.0384. The summed E-state index contributed by atoms with van der Waals surface area (Å²) in [7, 11) is 3.25. The van der Waals surface area contributed by atoms with Gasteiger partial charge in [-0.25, -0.2) is 4.79 Å². The monoisotopic (exact) mass is 279 g/mol. The second-order valence-corrected chi connectivity index (χ2v) is 5.17. The maximum atomic E-state index is 12.1. The van der Waals surface area contributed by atoms with Gasteiger partial charge in [0.2, 0.25) is 0 Å². The number of hydrogen-bond donors (Lipinski definition) is 3. The molecule has 0 radical (unpaired) electrons. The van der Waals surface area contributed by atoms with Crippen LogP contribution in [0, 0.1) is 0 Å². The molecule has 2 amide bonds. The number of carbonyl (C=O) groups is 1. The molecule has 1 aromatic rings. The van der Waals surface area contributed by atoms with E-state index in [1.165, 1.54) is 4.90 Å². The fourth-order valence-corrected chi connectivity index (χ4v) is 2.30. The molecule has 1 atom stereocenters. The molecular weight excluding hydrogens is 258 g/mol. The summed E-state index contributed by atoms with van der Waals surface area (Å²) >= 11 is 0. The third-order valence-electron chi connectivity index (χ3n) is 3.42. The number of methoxy groups -OCH3 is 1. The topological polar surface area (TPSA) is 73.8 Å². The molecule has 1 aliphatic heterocycles. The number of ether oxygens (including phenoxy) is 1. The Morgan fingerprint density at radius 1 is 1.60 bits per heavy atom. The maximum absolute atomic E-state index is 12.1. The highest BCUT2D eigenvalue weighted by molar-refractivity contribution is 5.89. The van der Waals surface area contributed by atoms with Crippen LogP contribution in [0.1, 0.15) is 6.42 Å². The summed E-state index contributed by atoms with van der Waals surface area (Å²) in [4.78, 5) is 13.6. The van der Waals surface area contributed by atoms with Gasteiger partial charge in [-0.3, -0.25) is 0 Å².